The summed E-state index contributed by atoms with van der Waals surface area (Å²) < 4.78 is 5.50. The van der Waals surface area contributed by atoms with E-state index in [1.807, 2.05) is 24.3 Å². The lowest BCUT2D eigenvalue weighted by Gasteiger charge is -2.10. The molecule has 1 aromatic heterocycles. The van der Waals surface area contributed by atoms with Crippen molar-refractivity contribution >= 4 is 34.6 Å². The van der Waals surface area contributed by atoms with Gasteiger partial charge in [-0.15, -0.1) is 0 Å². The van der Waals surface area contributed by atoms with Crippen LogP contribution in [-0.2, 0) is 9.59 Å². The Labute approximate surface area is 155 Å². The second kappa shape index (κ2) is 8.57. The van der Waals surface area contributed by atoms with Crippen molar-refractivity contribution in [3.05, 3.63) is 66.5 Å². The molecule has 0 unspecified atom stereocenters. The second-order valence-corrected chi connectivity index (χ2v) is 5.67. The number of nitrogens with two attached hydrogens (primary N) is 1. The predicted molar refractivity (Wildman–Crippen MR) is 103 cm³/mol. The van der Waals surface area contributed by atoms with Crippen molar-refractivity contribution in [3.63, 3.8) is 0 Å². The van der Waals surface area contributed by atoms with Crippen LogP contribution in [0.3, 0.4) is 0 Å². The van der Waals surface area contributed by atoms with Gasteiger partial charge in [0.2, 0.25) is 11.8 Å². The minimum absolute atomic E-state index is 0.100. The van der Waals surface area contributed by atoms with Crippen molar-refractivity contribution in [2.24, 2.45) is 5.73 Å². The molecule has 0 radical (unpaired) electrons. The maximum absolute atomic E-state index is 12.2. The SMILES string of the molecule is NC(=O)CCOc1ccccc1NC(=O)C=Cc1cnc2ccccc2n1. The van der Waals surface area contributed by atoms with Gasteiger partial charge in [0.05, 0.1) is 41.6 Å². The van der Waals surface area contributed by atoms with Crippen molar-refractivity contribution in [2.45, 2.75) is 6.42 Å². The summed E-state index contributed by atoms with van der Waals surface area (Å²) in [7, 11) is 0. The van der Waals surface area contributed by atoms with Gasteiger partial charge < -0.3 is 15.8 Å². The summed E-state index contributed by atoms with van der Waals surface area (Å²) >= 11 is 0. The summed E-state index contributed by atoms with van der Waals surface area (Å²) in [6.07, 6.45) is 4.67. The zero-order valence-electron chi connectivity index (χ0n) is 14.5. The van der Waals surface area contributed by atoms with E-state index in [1.54, 1.807) is 36.5 Å². The van der Waals surface area contributed by atoms with Crippen LogP contribution in [-0.4, -0.2) is 28.4 Å². The van der Waals surface area contributed by atoms with Gasteiger partial charge in [-0.2, -0.15) is 0 Å². The molecule has 0 aliphatic rings. The first-order valence-corrected chi connectivity index (χ1v) is 8.33. The number of primary amides is 1. The molecular formula is C20H18N4O3. The van der Waals surface area contributed by atoms with Gasteiger partial charge in [0, 0.05) is 6.08 Å². The minimum Gasteiger partial charge on any atom is -0.491 e. The lowest BCUT2D eigenvalue weighted by molar-refractivity contribution is -0.118. The highest BCUT2D eigenvalue weighted by atomic mass is 16.5. The van der Waals surface area contributed by atoms with E-state index < -0.39 is 5.91 Å². The quantitative estimate of drug-likeness (QED) is 0.628. The Morgan fingerprint density at radius 3 is 2.63 bits per heavy atom. The Kier molecular flexibility index (Phi) is 5.73. The zero-order chi connectivity index (χ0) is 19.1. The van der Waals surface area contributed by atoms with E-state index in [9.17, 15) is 9.59 Å². The first kappa shape index (κ1) is 18.1. The number of anilines is 1. The molecule has 2 aromatic carbocycles. The van der Waals surface area contributed by atoms with Gasteiger partial charge in [0.25, 0.3) is 0 Å². The molecule has 0 atom stereocenters. The summed E-state index contributed by atoms with van der Waals surface area (Å²) in [5.41, 5.74) is 7.73. The molecule has 1 heterocycles. The van der Waals surface area contributed by atoms with Gasteiger partial charge in [-0.1, -0.05) is 24.3 Å². The number of fused-ring (bicyclic) bond motifs is 1. The highest BCUT2D eigenvalue weighted by Gasteiger charge is 2.06. The molecule has 136 valence electrons. The molecule has 0 aliphatic carbocycles. The number of carbonyl (C=O) groups is 2. The molecule has 0 fully saturated rings. The highest BCUT2D eigenvalue weighted by molar-refractivity contribution is 6.02. The van der Waals surface area contributed by atoms with Crippen LogP contribution in [0.5, 0.6) is 5.75 Å². The minimum atomic E-state index is -0.448. The normalized spacial score (nSPS) is 10.8. The molecule has 0 spiro atoms. The smallest absolute Gasteiger partial charge is 0.248 e. The second-order valence-electron chi connectivity index (χ2n) is 5.67. The number of hydrogen-bond acceptors (Lipinski definition) is 5. The van der Waals surface area contributed by atoms with Gasteiger partial charge in [-0.3, -0.25) is 14.6 Å². The Bertz CT molecular complexity index is 1000. The van der Waals surface area contributed by atoms with E-state index in [-0.39, 0.29) is 18.9 Å². The van der Waals surface area contributed by atoms with E-state index in [4.69, 9.17) is 10.5 Å². The molecule has 7 nitrogen and oxygen atoms in total. The fraction of sp³-hybridized carbons (Fsp3) is 0.100. The van der Waals surface area contributed by atoms with Gasteiger partial charge in [-0.05, 0) is 30.3 Å². The van der Waals surface area contributed by atoms with Gasteiger partial charge in [-0.25, -0.2) is 4.98 Å². The Hall–Kier alpha value is -3.74. The van der Waals surface area contributed by atoms with Crippen molar-refractivity contribution < 1.29 is 14.3 Å². The van der Waals surface area contributed by atoms with E-state index in [0.29, 0.717) is 17.1 Å². The molecule has 0 aliphatic heterocycles. The number of hydrogen-bond donors (Lipinski definition) is 2. The van der Waals surface area contributed by atoms with Crippen LogP contribution < -0.4 is 15.8 Å². The lowest BCUT2D eigenvalue weighted by Crippen LogP contribution is -2.15. The number of ether oxygens (including phenoxy) is 1. The van der Waals surface area contributed by atoms with Crippen molar-refractivity contribution in [3.8, 4) is 5.75 Å². The fourth-order valence-electron chi connectivity index (χ4n) is 2.34. The fourth-order valence-corrected chi connectivity index (χ4v) is 2.34. The van der Waals surface area contributed by atoms with Crippen molar-refractivity contribution in [1.29, 1.82) is 0 Å². The zero-order valence-corrected chi connectivity index (χ0v) is 14.5. The van der Waals surface area contributed by atoms with Crippen LogP contribution in [0.4, 0.5) is 5.69 Å². The van der Waals surface area contributed by atoms with E-state index >= 15 is 0 Å². The summed E-state index contributed by atoms with van der Waals surface area (Å²) in [5, 5.41) is 2.74. The average Bonchev–Trinajstić information content (AvgIpc) is 2.67. The Morgan fingerprint density at radius 1 is 1.07 bits per heavy atom. The first-order valence-electron chi connectivity index (χ1n) is 8.33. The molecule has 0 saturated carbocycles. The van der Waals surface area contributed by atoms with Gasteiger partial charge in [0.1, 0.15) is 5.75 Å². The highest BCUT2D eigenvalue weighted by Crippen LogP contribution is 2.23. The van der Waals surface area contributed by atoms with Gasteiger partial charge in [0.15, 0.2) is 0 Å². The van der Waals surface area contributed by atoms with Crippen molar-refractivity contribution in [2.75, 3.05) is 11.9 Å². The van der Waals surface area contributed by atoms with Gasteiger partial charge >= 0.3 is 0 Å². The molecule has 2 amide bonds. The number of amides is 2. The topological polar surface area (TPSA) is 107 Å². The first-order chi connectivity index (χ1) is 13.1. The van der Waals surface area contributed by atoms with Crippen LogP contribution in [0, 0.1) is 0 Å². The van der Waals surface area contributed by atoms with Crippen molar-refractivity contribution in [1.82, 2.24) is 9.97 Å². The third-order valence-electron chi connectivity index (χ3n) is 3.62. The maximum atomic E-state index is 12.2. The number of rotatable bonds is 7. The summed E-state index contributed by atoms with van der Waals surface area (Å²) in [6.45, 7) is 0.144. The molecule has 3 aromatic rings. The van der Waals surface area contributed by atoms with Crippen LogP contribution >= 0.6 is 0 Å². The molecular weight excluding hydrogens is 344 g/mol. The number of nitrogens with one attached hydrogen (secondary N) is 1. The Morgan fingerprint density at radius 2 is 1.81 bits per heavy atom. The third kappa shape index (κ3) is 5.12. The molecule has 27 heavy (non-hydrogen) atoms. The molecule has 0 saturated heterocycles. The molecule has 3 N–H and O–H groups in total. The largest absolute Gasteiger partial charge is 0.491 e. The molecule has 0 bridgehead atoms. The van der Waals surface area contributed by atoms with Crippen LogP contribution in [0.2, 0.25) is 0 Å². The monoisotopic (exact) mass is 362 g/mol. The number of carbonyl (C=O) groups excluding carboxylic acids is 2. The van der Waals surface area contributed by atoms with E-state index in [2.05, 4.69) is 15.3 Å². The third-order valence-corrected chi connectivity index (χ3v) is 3.62. The average molecular weight is 362 g/mol. The number of nitrogens with zero attached hydrogens (tertiary/aromatic N) is 2. The van der Waals surface area contributed by atoms with Crippen LogP contribution in [0.25, 0.3) is 17.1 Å². The van der Waals surface area contributed by atoms with E-state index in [1.165, 1.54) is 6.08 Å². The number of para-hydroxylation sites is 4. The number of benzene rings is 2. The molecule has 3 rings (SSSR count). The summed E-state index contributed by atoms with van der Waals surface area (Å²) in [6, 6.07) is 14.5. The van der Waals surface area contributed by atoms with Crippen LogP contribution in [0.1, 0.15) is 12.1 Å². The van der Waals surface area contributed by atoms with Crippen LogP contribution in [0.15, 0.2) is 60.8 Å². The lowest BCUT2D eigenvalue weighted by atomic mass is 10.2. The number of aromatic nitrogens is 2. The standard InChI is InChI=1S/C20H18N4O3/c21-19(25)11-12-27-18-8-4-3-7-17(18)24-20(26)10-9-14-13-22-15-5-1-2-6-16(15)23-14/h1-10,13H,11-12H2,(H2,21,25)(H,24,26). The summed E-state index contributed by atoms with van der Waals surface area (Å²) in [4.78, 5) is 31.7. The molecule has 7 heteroatoms. The maximum Gasteiger partial charge on any atom is 0.248 e. The van der Waals surface area contributed by atoms with E-state index in [0.717, 1.165) is 11.0 Å². The summed E-state index contributed by atoms with van der Waals surface area (Å²) in [5.74, 6) is -0.321. The predicted octanol–water partition coefficient (Wildman–Crippen LogP) is 2.54. The Balaban J connectivity index is 1.66.